The summed E-state index contributed by atoms with van der Waals surface area (Å²) in [6, 6.07) is 10.1. The Labute approximate surface area is 119 Å². The summed E-state index contributed by atoms with van der Waals surface area (Å²) in [6.07, 6.45) is 20.9. The topological polar surface area (TPSA) is 14.1 Å². The van der Waals surface area contributed by atoms with Gasteiger partial charge in [0.1, 0.15) is 5.56 Å². The molecule has 0 atom stereocenters. The first-order valence-corrected chi connectivity index (χ1v) is 6.72. The Morgan fingerprint density at radius 2 is 1.80 bits per heavy atom. The van der Waals surface area contributed by atoms with Gasteiger partial charge in [-0.3, -0.25) is 0 Å². The SMILES string of the molecule is [C+](=C1C=[N+]=CC(C=C2C=CCC=C2)=C1)c1ccccc1. The zero-order valence-electron chi connectivity index (χ0n) is 11.2. The van der Waals surface area contributed by atoms with Crippen molar-refractivity contribution in [1.29, 1.82) is 0 Å². The molecule has 20 heavy (non-hydrogen) atoms. The summed E-state index contributed by atoms with van der Waals surface area (Å²) in [5, 5.41) is 0. The monoisotopic (exact) mass is 257 g/mol. The van der Waals surface area contributed by atoms with E-state index in [9.17, 15) is 0 Å². The Balaban J connectivity index is 1.88. The van der Waals surface area contributed by atoms with E-state index in [1.54, 1.807) is 0 Å². The molecule has 1 nitrogen and oxygen atoms in total. The molecular weight excluding hydrogens is 242 g/mol. The van der Waals surface area contributed by atoms with E-state index >= 15 is 0 Å². The highest BCUT2D eigenvalue weighted by atomic mass is 14.5. The summed E-state index contributed by atoms with van der Waals surface area (Å²) in [5.74, 6) is 0. The molecule has 0 radical (unpaired) electrons. The van der Waals surface area contributed by atoms with Crippen LogP contribution in [0.15, 0.2) is 83.5 Å². The lowest BCUT2D eigenvalue weighted by molar-refractivity contribution is 1.34. The summed E-state index contributed by atoms with van der Waals surface area (Å²) >= 11 is 0. The first-order chi connectivity index (χ1) is 9.90. The van der Waals surface area contributed by atoms with Crippen molar-refractivity contribution in [2.75, 3.05) is 0 Å². The van der Waals surface area contributed by atoms with Crippen molar-refractivity contribution in [3.8, 4) is 0 Å². The molecule has 0 saturated carbocycles. The molecule has 0 unspecified atom stereocenters. The Morgan fingerprint density at radius 3 is 2.60 bits per heavy atom. The normalized spacial score (nSPS) is 18.1. The summed E-state index contributed by atoms with van der Waals surface area (Å²) < 4.78 is 4.29. The zero-order valence-corrected chi connectivity index (χ0v) is 11.2. The number of benzene rings is 1. The fourth-order valence-electron chi connectivity index (χ4n) is 2.12. The van der Waals surface area contributed by atoms with Crippen LogP contribution in [-0.4, -0.2) is 12.4 Å². The van der Waals surface area contributed by atoms with Gasteiger partial charge in [-0.1, -0.05) is 29.0 Å². The van der Waals surface area contributed by atoms with E-state index in [1.807, 2.05) is 42.8 Å². The predicted octanol–water partition coefficient (Wildman–Crippen LogP) is 3.36. The van der Waals surface area contributed by atoms with Crippen LogP contribution < -0.4 is 4.67 Å². The van der Waals surface area contributed by atoms with Gasteiger partial charge in [0.2, 0.25) is 5.57 Å². The zero-order chi connectivity index (χ0) is 13.6. The standard InChI is InChI=1S/C19H15N/c1-3-7-16(8-4-1)11-18-13-19(15-20-14-18)12-17-9-5-2-6-10-17/h1,3-10,12-15H,2H2/q+2. The second kappa shape index (κ2) is 5.95. The number of hydrogen-bond donors (Lipinski definition) is 0. The predicted molar refractivity (Wildman–Crippen MR) is 85.6 cm³/mol. The molecule has 1 aliphatic heterocycles. The van der Waals surface area contributed by atoms with Gasteiger partial charge in [-0.25, -0.2) is 0 Å². The van der Waals surface area contributed by atoms with Crippen LogP contribution in [0.2, 0.25) is 0 Å². The minimum Gasteiger partial charge on any atom is -0.0801 e. The van der Waals surface area contributed by atoms with Crippen molar-refractivity contribution in [1.82, 2.24) is 4.67 Å². The quantitative estimate of drug-likeness (QED) is 0.570. The first kappa shape index (κ1) is 12.3. The molecule has 1 aromatic carbocycles. The van der Waals surface area contributed by atoms with E-state index in [4.69, 9.17) is 0 Å². The third-order valence-electron chi connectivity index (χ3n) is 3.05. The average Bonchev–Trinajstić information content (AvgIpc) is 2.50. The van der Waals surface area contributed by atoms with Crippen molar-refractivity contribution in [2.24, 2.45) is 0 Å². The Kier molecular flexibility index (Phi) is 3.66. The molecule has 94 valence electrons. The maximum Gasteiger partial charge on any atom is 0.368 e. The summed E-state index contributed by atoms with van der Waals surface area (Å²) in [7, 11) is 0. The highest BCUT2D eigenvalue weighted by Crippen LogP contribution is 2.13. The van der Waals surface area contributed by atoms with E-state index in [2.05, 4.69) is 47.2 Å². The Bertz CT molecular complexity index is 689. The van der Waals surface area contributed by atoms with Gasteiger partial charge in [0, 0.05) is 24.3 Å². The van der Waals surface area contributed by atoms with Crippen molar-refractivity contribution in [3.05, 3.63) is 95.1 Å². The van der Waals surface area contributed by atoms with E-state index in [0.717, 1.165) is 23.1 Å². The summed E-state index contributed by atoms with van der Waals surface area (Å²) in [6.45, 7) is 0. The van der Waals surface area contributed by atoms with E-state index in [0.29, 0.717) is 0 Å². The fourth-order valence-corrected chi connectivity index (χ4v) is 2.12. The molecule has 1 heteroatoms. The van der Waals surface area contributed by atoms with Crippen LogP contribution in [0.4, 0.5) is 0 Å². The molecule has 0 amide bonds. The van der Waals surface area contributed by atoms with Gasteiger partial charge in [0.05, 0.1) is 5.57 Å². The number of nitrogens with zero attached hydrogens (tertiary/aromatic N) is 1. The summed E-state index contributed by atoms with van der Waals surface area (Å²) in [4.78, 5) is 0. The molecule has 1 aliphatic carbocycles. The average molecular weight is 257 g/mol. The lowest BCUT2D eigenvalue weighted by atomic mass is 10.0. The number of allylic oxidation sites excluding steroid dienone is 9. The minimum absolute atomic E-state index is 0.995. The second-order valence-corrected chi connectivity index (χ2v) is 4.68. The maximum atomic E-state index is 4.29. The molecule has 0 bridgehead atoms. The molecule has 0 N–H and O–H groups in total. The highest BCUT2D eigenvalue weighted by molar-refractivity contribution is 5.95. The molecular formula is C19H15N+2. The smallest absolute Gasteiger partial charge is 0.0801 e. The van der Waals surface area contributed by atoms with Gasteiger partial charge in [-0.15, -0.1) is 0 Å². The van der Waals surface area contributed by atoms with Crippen molar-refractivity contribution in [2.45, 2.75) is 6.42 Å². The molecule has 2 aliphatic rings. The second-order valence-electron chi connectivity index (χ2n) is 4.68. The van der Waals surface area contributed by atoms with Crippen molar-refractivity contribution in [3.63, 3.8) is 0 Å². The van der Waals surface area contributed by atoms with Gasteiger partial charge in [-0.2, -0.15) is 0 Å². The van der Waals surface area contributed by atoms with E-state index in [-0.39, 0.29) is 0 Å². The molecule has 0 aromatic heterocycles. The Hall–Kier alpha value is -2.72. The van der Waals surface area contributed by atoms with Crippen molar-refractivity contribution >= 4 is 12.4 Å². The molecule has 0 saturated heterocycles. The van der Waals surface area contributed by atoms with Gasteiger partial charge in [0.15, 0.2) is 0 Å². The van der Waals surface area contributed by atoms with Crippen LogP contribution in [0.25, 0.3) is 0 Å². The largest absolute Gasteiger partial charge is 0.368 e. The van der Waals surface area contributed by atoms with Crippen LogP contribution in [0.5, 0.6) is 0 Å². The maximum absolute atomic E-state index is 4.29. The Morgan fingerprint density at radius 1 is 1.00 bits per heavy atom. The lowest BCUT2D eigenvalue weighted by Crippen LogP contribution is -1.98. The van der Waals surface area contributed by atoms with Crippen LogP contribution in [0.3, 0.4) is 0 Å². The molecule has 0 fully saturated rings. The number of hydrogen-bond acceptors (Lipinski definition) is 0. The van der Waals surface area contributed by atoms with Crippen LogP contribution in [-0.2, 0) is 0 Å². The van der Waals surface area contributed by atoms with Crippen LogP contribution >= 0.6 is 0 Å². The van der Waals surface area contributed by atoms with Gasteiger partial charge >= 0.3 is 12.4 Å². The first-order valence-electron chi connectivity index (χ1n) is 6.72. The lowest BCUT2D eigenvalue weighted by Gasteiger charge is -1.98. The third kappa shape index (κ3) is 3.18. The minimum atomic E-state index is 0.995. The third-order valence-corrected chi connectivity index (χ3v) is 3.05. The number of rotatable bonds is 2. The van der Waals surface area contributed by atoms with E-state index in [1.165, 1.54) is 5.57 Å². The van der Waals surface area contributed by atoms with Gasteiger partial charge in [-0.05, 0) is 36.3 Å². The molecule has 1 aromatic rings. The van der Waals surface area contributed by atoms with Gasteiger partial charge in [0.25, 0.3) is 0 Å². The van der Waals surface area contributed by atoms with Crippen LogP contribution in [0.1, 0.15) is 12.0 Å². The molecule has 1 heterocycles. The molecule has 0 spiro atoms. The van der Waals surface area contributed by atoms with E-state index < -0.39 is 0 Å². The molecule has 3 rings (SSSR count). The van der Waals surface area contributed by atoms with Crippen molar-refractivity contribution < 1.29 is 0 Å². The van der Waals surface area contributed by atoms with Crippen LogP contribution in [0, 0.1) is 6.08 Å². The summed E-state index contributed by atoms with van der Waals surface area (Å²) in [5.41, 5.74) is 4.36. The fraction of sp³-hybridized carbons (Fsp3) is 0.0526. The van der Waals surface area contributed by atoms with Gasteiger partial charge < -0.3 is 0 Å². The highest BCUT2D eigenvalue weighted by Gasteiger charge is 2.13.